The molecule has 0 saturated heterocycles. The molecule has 3 aromatic rings. The topological polar surface area (TPSA) is 131 Å². The Morgan fingerprint density at radius 2 is 1.97 bits per heavy atom. The molecule has 2 heterocycles. The molecule has 0 spiro atoms. The number of nitrogens with zero attached hydrogens (tertiary/aromatic N) is 2. The molecular weight excluding hydrogens is 404 g/mol. The molecule has 1 aliphatic carbocycles. The smallest absolute Gasteiger partial charge is 0.240 e. The van der Waals surface area contributed by atoms with Gasteiger partial charge in [-0.05, 0) is 62.4 Å². The van der Waals surface area contributed by atoms with E-state index in [1.807, 2.05) is 19.9 Å². The Morgan fingerprint density at radius 1 is 1.17 bits per heavy atom. The number of aryl methyl sites for hydroxylation is 2. The number of nitrogens with one attached hydrogen (secondary N) is 1. The number of hydrogen-bond donors (Lipinski definition) is 3. The standard InChI is InChI=1S/C21H24N4O4S/c1-12-6-7-15(30(27,28)25-18-4-3-5-19(18)26)10-16(12)14-9-17(21(22)23-11-14)20-8-13(2)24-29-20/h6-11,18-19,25-26H,3-5H2,1-2H3,(H2,22,23)/t18-,19-/m1/s1. The lowest BCUT2D eigenvalue weighted by Crippen LogP contribution is -2.39. The number of rotatable bonds is 5. The largest absolute Gasteiger partial charge is 0.391 e. The van der Waals surface area contributed by atoms with E-state index in [0.29, 0.717) is 35.5 Å². The zero-order valence-corrected chi connectivity index (χ0v) is 17.6. The molecule has 1 fully saturated rings. The third kappa shape index (κ3) is 3.96. The van der Waals surface area contributed by atoms with Gasteiger partial charge < -0.3 is 15.4 Å². The molecule has 2 atom stereocenters. The van der Waals surface area contributed by atoms with Crippen molar-refractivity contribution in [3.63, 3.8) is 0 Å². The van der Waals surface area contributed by atoms with Crippen LogP contribution in [-0.4, -0.2) is 35.8 Å². The fourth-order valence-corrected chi connectivity index (χ4v) is 5.06. The fraction of sp³-hybridized carbons (Fsp3) is 0.333. The second-order valence-corrected chi connectivity index (χ2v) is 9.41. The molecule has 9 heteroatoms. The van der Waals surface area contributed by atoms with Crippen molar-refractivity contribution in [1.29, 1.82) is 0 Å². The third-order valence-electron chi connectivity index (χ3n) is 5.43. The van der Waals surface area contributed by atoms with Crippen LogP contribution in [-0.2, 0) is 10.0 Å². The van der Waals surface area contributed by atoms with Crippen molar-refractivity contribution in [3.05, 3.63) is 47.8 Å². The highest BCUT2D eigenvalue weighted by Gasteiger charge is 2.30. The molecule has 1 saturated carbocycles. The van der Waals surface area contributed by atoms with E-state index < -0.39 is 22.2 Å². The van der Waals surface area contributed by atoms with E-state index in [1.54, 1.807) is 30.5 Å². The van der Waals surface area contributed by atoms with Gasteiger partial charge >= 0.3 is 0 Å². The van der Waals surface area contributed by atoms with Crippen molar-refractivity contribution in [2.24, 2.45) is 0 Å². The first-order valence-corrected chi connectivity index (χ1v) is 11.2. The average Bonchev–Trinajstić information content (AvgIpc) is 3.30. The Balaban J connectivity index is 1.72. The van der Waals surface area contributed by atoms with E-state index in [0.717, 1.165) is 23.2 Å². The average molecular weight is 429 g/mol. The van der Waals surface area contributed by atoms with E-state index in [4.69, 9.17) is 10.3 Å². The molecule has 0 radical (unpaired) electrons. The first-order valence-electron chi connectivity index (χ1n) is 9.75. The summed E-state index contributed by atoms with van der Waals surface area (Å²) in [5.74, 6) is 0.797. The molecule has 0 aliphatic heterocycles. The van der Waals surface area contributed by atoms with Gasteiger partial charge in [-0.2, -0.15) is 0 Å². The summed E-state index contributed by atoms with van der Waals surface area (Å²) in [6.07, 6.45) is 2.98. The van der Waals surface area contributed by atoms with E-state index in [2.05, 4.69) is 14.9 Å². The van der Waals surface area contributed by atoms with Crippen molar-refractivity contribution in [2.45, 2.75) is 50.2 Å². The van der Waals surface area contributed by atoms with Gasteiger partial charge in [-0.1, -0.05) is 11.2 Å². The van der Waals surface area contributed by atoms with Crippen LogP contribution in [0.15, 0.2) is 45.9 Å². The van der Waals surface area contributed by atoms with E-state index in [9.17, 15) is 13.5 Å². The monoisotopic (exact) mass is 428 g/mol. The highest BCUT2D eigenvalue weighted by molar-refractivity contribution is 7.89. The molecular formula is C21H24N4O4S. The lowest BCUT2D eigenvalue weighted by molar-refractivity contribution is 0.159. The number of aliphatic hydroxyl groups excluding tert-OH is 1. The minimum atomic E-state index is -3.77. The van der Waals surface area contributed by atoms with E-state index in [-0.39, 0.29) is 4.90 Å². The van der Waals surface area contributed by atoms with Crippen LogP contribution in [0.3, 0.4) is 0 Å². The molecule has 1 aliphatic rings. The van der Waals surface area contributed by atoms with Crippen LogP contribution in [0.1, 0.15) is 30.5 Å². The first kappa shape index (κ1) is 20.5. The molecule has 30 heavy (non-hydrogen) atoms. The summed E-state index contributed by atoms with van der Waals surface area (Å²) in [4.78, 5) is 4.39. The predicted molar refractivity (Wildman–Crippen MR) is 113 cm³/mol. The Kier molecular flexibility index (Phi) is 5.35. The van der Waals surface area contributed by atoms with Crippen LogP contribution in [0, 0.1) is 13.8 Å². The van der Waals surface area contributed by atoms with Gasteiger partial charge in [0.25, 0.3) is 0 Å². The van der Waals surface area contributed by atoms with Crippen molar-refractivity contribution in [2.75, 3.05) is 5.73 Å². The summed E-state index contributed by atoms with van der Waals surface area (Å²) in [5, 5.41) is 13.9. The maximum atomic E-state index is 12.9. The molecule has 158 valence electrons. The van der Waals surface area contributed by atoms with Gasteiger partial charge in [0.2, 0.25) is 10.0 Å². The third-order valence-corrected chi connectivity index (χ3v) is 6.92. The number of aromatic nitrogens is 2. The van der Waals surface area contributed by atoms with Gasteiger partial charge in [-0.25, -0.2) is 18.1 Å². The maximum Gasteiger partial charge on any atom is 0.240 e. The number of sulfonamides is 1. The second kappa shape index (κ2) is 7.82. The summed E-state index contributed by atoms with van der Waals surface area (Å²) in [6.45, 7) is 3.71. The number of nitrogens with two attached hydrogens (primary N) is 1. The lowest BCUT2D eigenvalue weighted by atomic mass is 10.00. The van der Waals surface area contributed by atoms with Crippen LogP contribution in [0.2, 0.25) is 0 Å². The molecule has 0 amide bonds. The lowest BCUT2D eigenvalue weighted by Gasteiger charge is -2.17. The van der Waals surface area contributed by atoms with Crippen molar-refractivity contribution >= 4 is 15.8 Å². The number of hydrogen-bond acceptors (Lipinski definition) is 7. The number of nitrogen functional groups attached to an aromatic ring is 1. The summed E-state index contributed by atoms with van der Waals surface area (Å²) < 4.78 is 33.7. The Hall–Kier alpha value is -2.75. The minimum Gasteiger partial charge on any atom is -0.391 e. The highest BCUT2D eigenvalue weighted by atomic mass is 32.2. The van der Waals surface area contributed by atoms with Crippen molar-refractivity contribution < 1.29 is 18.0 Å². The Morgan fingerprint density at radius 3 is 2.63 bits per heavy atom. The summed E-state index contributed by atoms with van der Waals surface area (Å²) in [6, 6.07) is 8.05. The molecule has 4 N–H and O–H groups in total. The SMILES string of the molecule is Cc1cc(-c2cc(-c3cc(S(=O)(=O)N[C@@H]4CCC[C@H]4O)ccc3C)cnc2N)on1. The molecule has 8 nitrogen and oxygen atoms in total. The van der Waals surface area contributed by atoms with Crippen LogP contribution < -0.4 is 10.5 Å². The second-order valence-electron chi connectivity index (χ2n) is 7.69. The van der Waals surface area contributed by atoms with Gasteiger partial charge in [0.05, 0.1) is 22.3 Å². The molecule has 1 aromatic carbocycles. The van der Waals surface area contributed by atoms with Crippen molar-refractivity contribution in [3.8, 4) is 22.5 Å². The number of pyridine rings is 1. The van der Waals surface area contributed by atoms with E-state index >= 15 is 0 Å². The van der Waals surface area contributed by atoms with Crippen LogP contribution in [0.4, 0.5) is 5.82 Å². The summed E-state index contributed by atoms with van der Waals surface area (Å²) in [7, 11) is -3.77. The van der Waals surface area contributed by atoms with Crippen LogP contribution in [0.25, 0.3) is 22.5 Å². The number of benzene rings is 1. The van der Waals surface area contributed by atoms with Gasteiger partial charge in [-0.3, -0.25) is 0 Å². The Labute approximate surface area is 175 Å². The first-order chi connectivity index (χ1) is 14.2. The van der Waals surface area contributed by atoms with E-state index in [1.165, 1.54) is 0 Å². The normalized spacial score (nSPS) is 19.3. The summed E-state index contributed by atoms with van der Waals surface area (Å²) >= 11 is 0. The quantitative estimate of drug-likeness (QED) is 0.569. The molecule has 0 bridgehead atoms. The van der Waals surface area contributed by atoms with Gasteiger partial charge in [0.1, 0.15) is 5.82 Å². The molecule has 4 rings (SSSR count). The number of anilines is 1. The highest BCUT2D eigenvalue weighted by Crippen LogP contribution is 2.32. The Bertz CT molecular complexity index is 1190. The zero-order valence-electron chi connectivity index (χ0n) is 16.8. The van der Waals surface area contributed by atoms with Gasteiger partial charge in [0, 0.05) is 23.9 Å². The minimum absolute atomic E-state index is 0.135. The van der Waals surface area contributed by atoms with Crippen molar-refractivity contribution in [1.82, 2.24) is 14.9 Å². The summed E-state index contributed by atoms with van der Waals surface area (Å²) in [5.41, 5.74) is 9.65. The predicted octanol–water partition coefficient (Wildman–Crippen LogP) is 2.79. The molecule has 0 unspecified atom stereocenters. The maximum absolute atomic E-state index is 12.9. The van der Waals surface area contributed by atoms with Crippen LogP contribution in [0.5, 0.6) is 0 Å². The molecule has 2 aromatic heterocycles. The van der Waals surface area contributed by atoms with Gasteiger partial charge in [0.15, 0.2) is 5.76 Å². The van der Waals surface area contributed by atoms with Gasteiger partial charge in [-0.15, -0.1) is 0 Å². The van der Waals surface area contributed by atoms with Crippen LogP contribution >= 0.6 is 0 Å². The fourth-order valence-electron chi connectivity index (χ4n) is 3.74. The number of aliphatic hydroxyl groups is 1. The zero-order chi connectivity index (χ0) is 21.5.